The van der Waals surface area contributed by atoms with Gasteiger partial charge in [-0.2, -0.15) is 0 Å². The molecule has 0 aliphatic carbocycles. The Bertz CT molecular complexity index is 335. The van der Waals surface area contributed by atoms with Crippen LogP contribution in [-0.2, 0) is 4.74 Å². The van der Waals surface area contributed by atoms with Crippen molar-refractivity contribution < 1.29 is 30.0 Å². The van der Waals surface area contributed by atoms with Gasteiger partial charge < -0.3 is 30.5 Å². The monoisotopic (exact) mass is 246 g/mol. The third kappa shape index (κ3) is 2.13. The van der Waals surface area contributed by atoms with Gasteiger partial charge in [0.15, 0.2) is 6.23 Å². The lowest BCUT2D eigenvalue weighted by atomic mass is 10.1. The number of rotatable bonds is 2. The molecule has 0 radical (unpaired) electrons. The summed E-state index contributed by atoms with van der Waals surface area (Å²) in [6, 6.07) is -0.658. The van der Waals surface area contributed by atoms with Crippen LogP contribution in [0.4, 0.5) is 4.79 Å². The molecule has 2 aliphatic rings. The van der Waals surface area contributed by atoms with Gasteiger partial charge in [-0.15, -0.1) is 0 Å². The first-order chi connectivity index (χ1) is 8.04. The van der Waals surface area contributed by atoms with Gasteiger partial charge in [-0.1, -0.05) is 0 Å². The number of nitrogens with zero attached hydrogens (tertiary/aromatic N) is 1. The number of aliphatic hydroxyl groups excluding tert-OH is 4. The maximum atomic E-state index is 11.5. The highest BCUT2D eigenvalue weighted by Gasteiger charge is 2.46. The Balaban J connectivity index is 2.13. The molecule has 0 aromatic rings. The van der Waals surface area contributed by atoms with Crippen molar-refractivity contribution in [2.75, 3.05) is 6.61 Å². The lowest BCUT2D eigenvalue weighted by Crippen LogP contribution is -2.53. The fraction of sp³-hybridized carbons (Fsp3) is 0.667. The van der Waals surface area contributed by atoms with Crippen molar-refractivity contribution in [3.05, 3.63) is 12.3 Å². The van der Waals surface area contributed by atoms with E-state index in [0.29, 0.717) is 0 Å². The summed E-state index contributed by atoms with van der Waals surface area (Å²) in [6.07, 6.45) is -3.17. The van der Waals surface area contributed by atoms with Gasteiger partial charge >= 0.3 is 6.03 Å². The summed E-state index contributed by atoms with van der Waals surface area (Å²) in [6.45, 7) is -0.462. The van der Waals surface area contributed by atoms with E-state index in [2.05, 4.69) is 5.32 Å². The highest BCUT2D eigenvalue weighted by molar-refractivity contribution is 5.77. The average Bonchev–Trinajstić information content (AvgIpc) is 2.57. The molecule has 0 saturated carbocycles. The quantitative estimate of drug-likeness (QED) is 0.361. The van der Waals surface area contributed by atoms with Crippen LogP contribution in [0.25, 0.3) is 0 Å². The number of hydrogen-bond acceptors (Lipinski definition) is 6. The highest BCUT2D eigenvalue weighted by Crippen LogP contribution is 2.25. The van der Waals surface area contributed by atoms with Crippen molar-refractivity contribution in [3.63, 3.8) is 0 Å². The Hall–Kier alpha value is -1.19. The first kappa shape index (κ1) is 12.3. The number of hydrogen-bond donors (Lipinski definition) is 5. The predicted octanol–water partition coefficient (Wildman–Crippen LogP) is -2.72. The molecule has 1 fully saturated rings. The van der Waals surface area contributed by atoms with Crippen LogP contribution in [0.15, 0.2) is 12.3 Å². The molecule has 2 aliphatic heterocycles. The molecule has 17 heavy (non-hydrogen) atoms. The van der Waals surface area contributed by atoms with E-state index in [1.54, 1.807) is 0 Å². The maximum absolute atomic E-state index is 11.5. The minimum atomic E-state index is -1.32. The summed E-state index contributed by atoms with van der Waals surface area (Å²) < 4.78 is 5.16. The molecule has 5 atom stereocenters. The van der Waals surface area contributed by atoms with Gasteiger partial charge in [0, 0.05) is 6.20 Å². The second kappa shape index (κ2) is 4.59. The molecular formula is C9H14N2O6. The molecule has 96 valence electrons. The molecule has 5 N–H and O–H groups in total. The van der Waals surface area contributed by atoms with Crippen LogP contribution < -0.4 is 5.32 Å². The van der Waals surface area contributed by atoms with Gasteiger partial charge in [0.05, 0.1) is 6.61 Å². The van der Waals surface area contributed by atoms with Gasteiger partial charge in [0.2, 0.25) is 0 Å². The Morgan fingerprint density at radius 2 is 2.06 bits per heavy atom. The minimum absolute atomic E-state index is 0.462. The van der Waals surface area contributed by atoms with Crippen molar-refractivity contribution in [2.24, 2.45) is 0 Å². The Morgan fingerprint density at radius 1 is 1.35 bits per heavy atom. The van der Waals surface area contributed by atoms with Crippen molar-refractivity contribution >= 4 is 6.03 Å². The molecule has 8 heteroatoms. The molecule has 2 heterocycles. The van der Waals surface area contributed by atoms with E-state index in [0.717, 1.165) is 4.90 Å². The minimum Gasteiger partial charge on any atom is -0.394 e. The summed E-state index contributed by atoms with van der Waals surface area (Å²) in [5, 5.41) is 39.4. The summed E-state index contributed by atoms with van der Waals surface area (Å²) in [5.41, 5.74) is 0. The van der Waals surface area contributed by atoms with E-state index >= 15 is 0 Å². The first-order valence-corrected chi connectivity index (χ1v) is 5.12. The fourth-order valence-corrected chi connectivity index (χ4v) is 1.80. The largest absolute Gasteiger partial charge is 0.394 e. The second-order valence-electron chi connectivity index (χ2n) is 3.87. The van der Waals surface area contributed by atoms with Crippen LogP contribution in [0.1, 0.15) is 0 Å². The van der Waals surface area contributed by atoms with Crippen molar-refractivity contribution in [2.45, 2.75) is 30.8 Å². The summed E-state index contributed by atoms with van der Waals surface area (Å²) in [4.78, 5) is 12.5. The number of carbonyl (C=O) groups excluding carboxylic acids is 1. The maximum Gasteiger partial charge on any atom is 0.325 e. The Kier molecular flexibility index (Phi) is 3.31. The van der Waals surface area contributed by atoms with Crippen LogP contribution in [0.3, 0.4) is 0 Å². The fourth-order valence-electron chi connectivity index (χ4n) is 1.80. The highest BCUT2D eigenvalue weighted by atomic mass is 16.6. The topological polar surface area (TPSA) is 122 Å². The number of carbonyl (C=O) groups is 1. The zero-order valence-electron chi connectivity index (χ0n) is 8.80. The summed E-state index contributed by atoms with van der Waals surface area (Å²) >= 11 is 0. The standard InChI is InChI=1S/C9H14N2O6/c12-3-4-6(14)7(15)8(17-4)11-2-1-5(13)10-9(11)16/h1-2,4-8,12-15H,3H2,(H,10,16)/t4-,5-,6-,7-,8?/m1/s1. The molecule has 2 amide bonds. The van der Waals surface area contributed by atoms with E-state index < -0.39 is 43.4 Å². The van der Waals surface area contributed by atoms with Crippen molar-refractivity contribution in [3.8, 4) is 0 Å². The van der Waals surface area contributed by atoms with E-state index in [4.69, 9.17) is 14.9 Å². The van der Waals surface area contributed by atoms with Gasteiger partial charge in [0.25, 0.3) is 0 Å². The van der Waals surface area contributed by atoms with Crippen LogP contribution >= 0.6 is 0 Å². The van der Waals surface area contributed by atoms with Crippen LogP contribution in [0.5, 0.6) is 0 Å². The number of amides is 2. The smallest absolute Gasteiger partial charge is 0.325 e. The number of aliphatic hydroxyl groups is 4. The molecule has 0 aromatic heterocycles. The summed E-state index contributed by atoms with van der Waals surface area (Å²) in [7, 11) is 0. The van der Waals surface area contributed by atoms with Gasteiger partial charge in [-0.25, -0.2) is 4.79 Å². The third-order valence-electron chi connectivity index (χ3n) is 2.73. The molecule has 1 saturated heterocycles. The lowest BCUT2D eigenvalue weighted by Gasteiger charge is -2.31. The number of ether oxygens (including phenoxy) is 1. The SMILES string of the molecule is O=C1N[C@H](O)C=CN1C1O[C@H](CO)[C@@H](O)[C@H]1O. The van der Waals surface area contributed by atoms with E-state index in [-0.39, 0.29) is 0 Å². The van der Waals surface area contributed by atoms with Gasteiger partial charge in [-0.05, 0) is 6.08 Å². The van der Waals surface area contributed by atoms with Gasteiger partial charge in [0.1, 0.15) is 24.5 Å². The molecule has 0 aromatic carbocycles. The molecule has 0 bridgehead atoms. The second-order valence-corrected chi connectivity index (χ2v) is 3.87. The normalized spacial score (nSPS) is 41.8. The predicted molar refractivity (Wildman–Crippen MR) is 53.3 cm³/mol. The van der Waals surface area contributed by atoms with Gasteiger partial charge in [-0.3, -0.25) is 4.90 Å². The zero-order valence-corrected chi connectivity index (χ0v) is 8.80. The average molecular weight is 246 g/mol. The first-order valence-electron chi connectivity index (χ1n) is 5.12. The van der Waals surface area contributed by atoms with Crippen molar-refractivity contribution in [1.82, 2.24) is 10.2 Å². The van der Waals surface area contributed by atoms with Crippen molar-refractivity contribution in [1.29, 1.82) is 0 Å². The Labute approximate surface area is 96.7 Å². The number of nitrogens with one attached hydrogen (secondary N) is 1. The third-order valence-corrected chi connectivity index (χ3v) is 2.73. The van der Waals surface area contributed by atoms with Crippen LogP contribution in [0.2, 0.25) is 0 Å². The van der Waals surface area contributed by atoms with Crippen LogP contribution in [-0.4, -0.2) is 68.7 Å². The molecule has 8 nitrogen and oxygen atoms in total. The van der Waals surface area contributed by atoms with E-state index in [9.17, 15) is 15.0 Å². The molecule has 0 spiro atoms. The van der Waals surface area contributed by atoms with E-state index in [1.165, 1.54) is 12.3 Å². The van der Waals surface area contributed by atoms with E-state index in [1.807, 2.05) is 0 Å². The van der Waals surface area contributed by atoms with Crippen LogP contribution in [0, 0.1) is 0 Å². The molecule has 1 unspecified atom stereocenters. The summed E-state index contributed by atoms with van der Waals surface area (Å²) in [5.74, 6) is 0. The zero-order chi connectivity index (χ0) is 12.6. The lowest BCUT2D eigenvalue weighted by molar-refractivity contribution is -0.0677. The Morgan fingerprint density at radius 3 is 2.59 bits per heavy atom. The molecular weight excluding hydrogens is 232 g/mol. The molecule has 2 rings (SSSR count). The number of urea groups is 1.